The quantitative estimate of drug-likeness (QED) is 0.760. The number of carboxylic acids is 1. The number of amides is 1. The highest BCUT2D eigenvalue weighted by Crippen LogP contribution is 2.22. The van der Waals surface area contributed by atoms with Crippen LogP contribution in [-0.4, -0.2) is 17.0 Å². The molecule has 0 aliphatic rings. The summed E-state index contributed by atoms with van der Waals surface area (Å²) >= 11 is 5.78. The Hall–Kier alpha value is -2.60. The molecule has 0 spiro atoms. The van der Waals surface area contributed by atoms with Crippen molar-refractivity contribution in [1.29, 1.82) is 0 Å². The van der Waals surface area contributed by atoms with Gasteiger partial charge in [0.1, 0.15) is 5.82 Å². The smallest absolute Gasteiger partial charge is 0.335 e. The average molecular weight is 309 g/mol. The van der Waals surface area contributed by atoms with E-state index in [1.165, 1.54) is 30.3 Å². The summed E-state index contributed by atoms with van der Waals surface area (Å²) in [6.07, 6.45) is 0. The second kappa shape index (κ2) is 5.80. The van der Waals surface area contributed by atoms with E-state index >= 15 is 0 Å². The number of para-hydroxylation sites is 1. The highest BCUT2D eigenvalue weighted by molar-refractivity contribution is 6.31. The summed E-state index contributed by atoms with van der Waals surface area (Å²) in [5.74, 6) is -2.55. The first-order valence-corrected chi connectivity index (χ1v) is 6.15. The maximum atomic E-state index is 13.3. The minimum atomic E-state index is -1.18. The fourth-order valence-electron chi connectivity index (χ4n) is 1.72. The highest BCUT2D eigenvalue weighted by Gasteiger charge is 2.14. The predicted molar refractivity (Wildman–Crippen MR) is 77.2 cm³/mol. The van der Waals surface area contributed by atoms with Crippen molar-refractivity contribution in [1.82, 2.24) is 0 Å². The molecule has 0 radical (unpaired) electrons. The fourth-order valence-corrected chi connectivity index (χ4v) is 1.95. The number of nitrogens with one attached hydrogen (secondary N) is 1. The van der Waals surface area contributed by atoms with Gasteiger partial charge >= 0.3 is 5.97 Å². The van der Waals surface area contributed by atoms with E-state index in [0.29, 0.717) is 0 Å². The lowest BCUT2D eigenvalue weighted by molar-refractivity contribution is 0.0696. The molecule has 2 rings (SSSR count). The molecule has 0 fully saturated rings. The molecule has 0 bridgehead atoms. The second-order valence-corrected chi connectivity index (χ2v) is 4.63. The van der Waals surface area contributed by atoms with Crippen LogP contribution in [0.3, 0.4) is 0 Å². The highest BCUT2D eigenvalue weighted by atomic mass is 35.5. The van der Waals surface area contributed by atoms with E-state index in [0.717, 1.165) is 6.07 Å². The van der Waals surface area contributed by atoms with E-state index in [1.807, 2.05) is 0 Å². The third-order valence-corrected chi connectivity index (χ3v) is 2.92. The third kappa shape index (κ3) is 3.29. The first kappa shape index (κ1) is 14.8. The summed E-state index contributed by atoms with van der Waals surface area (Å²) in [5.41, 5.74) is 5.25. The largest absolute Gasteiger partial charge is 0.478 e. The van der Waals surface area contributed by atoms with Crippen LogP contribution in [0.25, 0.3) is 0 Å². The summed E-state index contributed by atoms with van der Waals surface area (Å²) in [5, 5.41) is 11.5. The number of nitrogens with two attached hydrogens (primary N) is 1. The van der Waals surface area contributed by atoms with Gasteiger partial charge in [-0.1, -0.05) is 17.7 Å². The van der Waals surface area contributed by atoms with Gasteiger partial charge in [0.15, 0.2) is 0 Å². The van der Waals surface area contributed by atoms with Crippen LogP contribution in [-0.2, 0) is 0 Å². The molecular formula is C14H10ClFN2O3. The Labute approximate surface area is 124 Å². The number of benzene rings is 2. The van der Waals surface area contributed by atoms with E-state index in [-0.39, 0.29) is 27.5 Å². The van der Waals surface area contributed by atoms with Crippen molar-refractivity contribution in [2.45, 2.75) is 0 Å². The molecule has 4 N–H and O–H groups in total. The molecule has 0 unspecified atom stereocenters. The van der Waals surface area contributed by atoms with Crippen LogP contribution in [0.15, 0.2) is 36.4 Å². The number of rotatable bonds is 3. The molecule has 108 valence electrons. The maximum Gasteiger partial charge on any atom is 0.335 e. The summed E-state index contributed by atoms with van der Waals surface area (Å²) in [4.78, 5) is 23.0. The Bertz CT molecular complexity index is 734. The van der Waals surface area contributed by atoms with E-state index < -0.39 is 17.7 Å². The van der Waals surface area contributed by atoms with Crippen molar-refractivity contribution < 1.29 is 19.1 Å². The molecule has 0 atom stereocenters. The SMILES string of the molecule is Nc1c(F)cccc1C(=O)Nc1cc(Cl)cc(C(=O)O)c1. The zero-order chi connectivity index (χ0) is 15.6. The number of carbonyl (C=O) groups is 2. The first-order valence-electron chi connectivity index (χ1n) is 5.77. The van der Waals surface area contributed by atoms with Gasteiger partial charge in [-0.2, -0.15) is 0 Å². The fraction of sp³-hybridized carbons (Fsp3) is 0. The van der Waals surface area contributed by atoms with Gasteiger partial charge < -0.3 is 16.2 Å². The number of hydrogen-bond acceptors (Lipinski definition) is 3. The zero-order valence-corrected chi connectivity index (χ0v) is 11.3. The minimum Gasteiger partial charge on any atom is -0.478 e. The van der Waals surface area contributed by atoms with Gasteiger partial charge in [0.25, 0.3) is 5.91 Å². The van der Waals surface area contributed by atoms with Crippen LogP contribution in [0.2, 0.25) is 5.02 Å². The van der Waals surface area contributed by atoms with Crippen molar-refractivity contribution in [3.8, 4) is 0 Å². The Kier molecular flexibility index (Phi) is 4.09. The van der Waals surface area contributed by atoms with E-state index in [4.69, 9.17) is 22.4 Å². The monoisotopic (exact) mass is 308 g/mol. The minimum absolute atomic E-state index is 0.0492. The van der Waals surface area contributed by atoms with E-state index in [1.54, 1.807) is 0 Å². The van der Waals surface area contributed by atoms with Crippen LogP contribution in [0.5, 0.6) is 0 Å². The molecule has 1 amide bonds. The van der Waals surface area contributed by atoms with E-state index in [2.05, 4.69) is 5.32 Å². The summed E-state index contributed by atoms with van der Waals surface area (Å²) in [6, 6.07) is 7.70. The number of nitrogen functional groups attached to an aromatic ring is 1. The van der Waals surface area contributed by atoms with Crippen LogP contribution < -0.4 is 11.1 Å². The molecule has 0 aliphatic heterocycles. The van der Waals surface area contributed by atoms with Gasteiger partial charge in [0, 0.05) is 10.7 Å². The normalized spacial score (nSPS) is 10.2. The summed E-state index contributed by atoms with van der Waals surface area (Å²) in [7, 11) is 0. The zero-order valence-electron chi connectivity index (χ0n) is 10.6. The molecule has 0 saturated carbocycles. The van der Waals surface area contributed by atoms with Crippen molar-refractivity contribution in [3.63, 3.8) is 0 Å². The second-order valence-electron chi connectivity index (χ2n) is 4.19. The van der Waals surface area contributed by atoms with Gasteiger partial charge in [0.2, 0.25) is 0 Å². The molecule has 0 aliphatic carbocycles. The molecule has 7 heteroatoms. The lowest BCUT2D eigenvalue weighted by atomic mass is 10.1. The predicted octanol–water partition coefficient (Wildman–Crippen LogP) is 3.01. The van der Waals surface area contributed by atoms with Crippen molar-refractivity contribution >= 4 is 34.9 Å². The Morgan fingerprint density at radius 2 is 1.95 bits per heavy atom. The first-order chi connectivity index (χ1) is 9.88. The molecule has 2 aromatic carbocycles. The van der Waals surface area contributed by atoms with Gasteiger partial charge in [0.05, 0.1) is 16.8 Å². The van der Waals surface area contributed by atoms with E-state index in [9.17, 15) is 14.0 Å². The Morgan fingerprint density at radius 3 is 2.62 bits per heavy atom. The van der Waals surface area contributed by atoms with Crippen LogP contribution in [0.1, 0.15) is 20.7 Å². The molecule has 5 nitrogen and oxygen atoms in total. The Morgan fingerprint density at radius 1 is 1.24 bits per heavy atom. The molecule has 0 heterocycles. The van der Waals surface area contributed by atoms with Gasteiger partial charge in [-0.15, -0.1) is 0 Å². The number of aromatic carboxylic acids is 1. The average Bonchev–Trinajstić information content (AvgIpc) is 2.41. The standard InChI is InChI=1S/C14H10ClFN2O3/c15-8-4-7(14(20)21)5-9(6-8)18-13(19)10-2-1-3-11(16)12(10)17/h1-6H,17H2,(H,18,19)(H,20,21). The summed E-state index contributed by atoms with van der Waals surface area (Å²) < 4.78 is 13.3. The van der Waals surface area contributed by atoms with Crippen molar-refractivity contribution in [2.75, 3.05) is 11.1 Å². The maximum absolute atomic E-state index is 13.3. The molecule has 21 heavy (non-hydrogen) atoms. The van der Waals surface area contributed by atoms with Crippen molar-refractivity contribution in [2.24, 2.45) is 0 Å². The number of carboxylic acid groups (broad SMARTS) is 1. The van der Waals surface area contributed by atoms with Gasteiger partial charge in [-0.25, -0.2) is 9.18 Å². The number of anilines is 2. The molecule has 0 saturated heterocycles. The topological polar surface area (TPSA) is 92.4 Å². The van der Waals surface area contributed by atoms with Gasteiger partial charge in [-0.3, -0.25) is 4.79 Å². The number of hydrogen-bond donors (Lipinski definition) is 3. The summed E-state index contributed by atoms with van der Waals surface area (Å²) in [6.45, 7) is 0. The van der Waals surface area contributed by atoms with Crippen LogP contribution in [0, 0.1) is 5.82 Å². The van der Waals surface area contributed by atoms with Gasteiger partial charge in [-0.05, 0) is 30.3 Å². The Balaban J connectivity index is 2.31. The van der Waals surface area contributed by atoms with Crippen molar-refractivity contribution in [3.05, 3.63) is 58.4 Å². The number of halogens is 2. The molecule has 2 aromatic rings. The molecular weight excluding hydrogens is 299 g/mol. The number of carbonyl (C=O) groups excluding carboxylic acids is 1. The lowest BCUT2D eigenvalue weighted by Crippen LogP contribution is -2.15. The van der Waals surface area contributed by atoms with Crippen LogP contribution in [0.4, 0.5) is 15.8 Å². The lowest BCUT2D eigenvalue weighted by Gasteiger charge is -2.09. The third-order valence-electron chi connectivity index (χ3n) is 2.70. The molecule has 0 aromatic heterocycles. The van der Waals surface area contributed by atoms with Crippen LogP contribution >= 0.6 is 11.6 Å².